The summed E-state index contributed by atoms with van der Waals surface area (Å²) < 4.78 is 33.0. The minimum Gasteiger partial charge on any atom is -0.450 e. The van der Waals surface area contributed by atoms with Crippen molar-refractivity contribution in [1.29, 1.82) is 0 Å². The van der Waals surface area contributed by atoms with Crippen LogP contribution in [0.1, 0.15) is 39.7 Å². The highest BCUT2D eigenvalue weighted by atomic mass is 32.1. The molecule has 2 aromatic heterocycles. The average molecular weight is 425 g/mol. The number of hydrogen-bond acceptors (Lipinski definition) is 6. The van der Waals surface area contributed by atoms with Gasteiger partial charge in [-0.3, -0.25) is 14.5 Å². The van der Waals surface area contributed by atoms with Crippen molar-refractivity contribution < 1.29 is 18.0 Å². The third kappa shape index (κ3) is 2.73. The van der Waals surface area contributed by atoms with Crippen molar-refractivity contribution in [2.75, 3.05) is 4.90 Å². The zero-order valence-corrected chi connectivity index (χ0v) is 16.4. The van der Waals surface area contributed by atoms with Gasteiger partial charge in [0.15, 0.2) is 5.43 Å². The number of carbonyl (C=O) groups is 1. The second kappa shape index (κ2) is 6.81. The fourth-order valence-corrected chi connectivity index (χ4v) is 4.39. The molecular formula is C21H13F2N3O3S. The molecule has 3 heterocycles. The van der Waals surface area contributed by atoms with Gasteiger partial charge in [-0.1, -0.05) is 30.4 Å². The van der Waals surface area contributed by atoms with Crippen molar-refractivity contribution in [3.05, 3.63) is 86.2 Å². The number of hydrogen-bond donors (Lipinski definition) is 0. The third-order valence-corrected chi connectivity index (χ3v) is 6.05. The summed E-state index contributed by atoms with van der Waals surface area (Å²) in [7, 11) is 0. The molecule has 0 fully saturated rings. The van der Waals surface area contributed by atoms with Crippen LogP contribution in [0, 0.1) is 11.6 Å². The Hall–Kier alpha value is -3.46. The highest BCUT2D eigenvalue weighted by Gasteiger charge is 2.45. The standard InChI is InChI=1S/C21H13F2N3O3S/c1-2-15-24-25-21(30-15)26-17(10-3-5-11(22)6-4-10)16-18(27)13-9-12(23)7-8-14(13)29-19(16)20(26)28/h3-9,17H,2H2,1H3. The van der Waals surface area contributed by atoms with Gasteiger partial charge in [0.2, 0.25) is 10.9 Å². The quantitative estimate of drug-likeness (QED) is 0.491. The van der Waals surface area contributed by atoms with Crippen LogP contribution in [-0.2, 0) is 6.42 Å². The lowest BCUT2D eigenvalue weighted by Crippen LogP contribution is -2.29. The van der Waals surface area contributed by atoms with Crippen LogP contribution in [0.4, 0.5) is 13.9 Å². The van der Waals surface area contributed by atoms with Gasteiger partial charge < -0.3 is 4.42 Å². The molecule has 6 nitrogen and oxygen atoms in total. The van der Waals surface area contributed by atoms with Crippen molar-refractivity contribution in [1.82, 2.24) is 10.2 Å². The number of rotatable bonds is 3. The molecule has 5 rings (SSSR count). The summed E-state index contributed by atoms with van der Waals surface area (Å²) in [5.74, 6) is -1.74. The van der Waals surface area contributed by atoms with E-state index in [1.54, 1.807) is 0 Å². The maximum atomic E-state index is 13.8. The lowest BCUT2D eigenvalue weighted by atomic mass is 9.98. The van der Waals surface area contributed by atoms with Gasteiger partial charge in [-0.05, 0) is 42.3 Å². The van der Waals surface area contributed by atoms with E-state index in [9.17, 15) is 18.4 Å². The average Bonchev–Trinajstić information content (AvgIpc) is 3.32. The first-order valence-corrected chi connectivity index (χ1v) is 9.97. The Bertz CT molecular complexity index is 1360. The van der Waals surface area contributed by atoms with Crippen molar-refractivity contribution >= 4 is 33.3 Å². The molecule has 4 aromatic rings. The summed E-state index contributed by atoms with van der Waals surface area (Å²) >= 11 is 1.22. The molecule has 0 saturated carbocycles. The van der Waals surface area contributed by atoms with E-state index in [0.29, 0.717) is 17.1 Å². The monoisotopic (exact) mass is 425 g/mol. The lowest BCUT2D eigenvalue weighted by molar-refractivity contribution is 0.0970. The van der Waals surface area contributed by atoms with Gasteiger partial charge in [0, 0.05) is 0 Å². The Morgan fingerprint density at radius 2 is 1.80 bits per heavy atom. The van der Waals surface area contributed by atoms with Crippen molar-refractivity contribution in [2.45, 2.75) is 19.4 Å². The predicted octanol–water partition coefficient (Wildman–Crippen LogP) is 4.23. The highest BCUT2D eigenvalue weighted by Crippen LogP contribution is 2.42. The number of benzene rings is 2. The number of amides is 1. The molecule has 1 aliphatic rings. The van der Waals surface area contributed by atoms with Crippen LogP contribution in [-0.4, -0.2) is 16.1 Å². The largest absolute Gasteiger partial charge is 0.450 e. The molecule has 0 radical (unpaired) electrons. The Labute approximate surface area is 172 Å². The molecule has 1 aliphatic heterocycles. The zero-order chi connectivity index (χ0) is 21.0. The second-order valence-corrected chi connectivity index (χ2v) is 7.82. The van der Waals surface area contributed by atoms with Gasteiger partial charge in [0.05, 0.1) is 17.0 Å². The Kier molecular flexibility index (Phi) is 4.21. The number of halogens is 2. The van der Waals surface area contributed by atoms with E-state index in [1.165, 1.54) is 46.6 Å². The molecule has 0 aliphatic carbocycles. The predicted molar refractivity (Wildman–Crippen MR) is 107 cm³/mol. The highest BCUT2D eigenvalue weighted by molar-refractivity contribution is 7.15. The summed E-state index contributed by atoms with van der Waals surface area (Å²) in [6.07, 6.45) is 0.633. The third-order valence-electron chi connectivity index (χ3n) is 4.98. The van der Waals surface area contributed by atoms with Gasteiger partial charge in [-0.15, -0.1) is 10.2 Å². The van der Waals surface area contributed by atoms with E-state index >= 15 is 0 Å². The Balaban J connectivity index is 1.80. The van der Waals surface area contributed by atoms with E-state index in [2.05, 4.69) is 10.2 Å². The summed E-state index contributed by atoms with van der Waals surface area (Å²) in [4.78, 5) is 27.9. The molecule has 1 atom stereocenters. The van der Waals surface area contributed by atoms with Crippen LogP contribution in [0.5, 0.6) is 0 Å². The fourth-order valence-electron chi connectivity index (χ4n) is 3.59. The summed E-state index contributed by atoms with van der Waals surface area (Å²) in [5, 5.41) is 9.22. The topological polar surface area (TPSA) is 76.3 Å². The van der Waals surface area contributed by atoms with Gasteiger partial charge in [-0.2, -0.15) is 0 Å². The summed E-state index contributed by atoms with van der Waals surface area (Å²) in [6.45, 7) is 1.91. The second-order valence-electron chi connectivity index (χ2n) is 6.78. The molecule has 1 unspecified atom stereocenters. The molecule has 30 heavy (non-hydrogen) atoms. The van der Waals surface area contributed by atoms with Crippen molar-refractivity contribution in [3.8, 4) is 0 Å². The summed E-state index contributed by atoms with van der Waals surface area (Å²) in [6, 6.07) is 8.13. The van der Waals surface area contributed by atoms with E-state index < -0.39 is 29.0 Å². The maximum Gasteiger partial charge on any atom is 0.297 e. The van der Waals surface area contributed by atoms with Crippen LogP contribution in [0.2, 0.25) is 0 Å². The first kappa shape index (κ1) is 18.6. The van der Waals surface area contributed by atoms with Gasteiger partial charge in [0.25, 0.3) is 5.91 Å². The van der Waals surface area contributed by atoms with Crippen LogP contribution in [0.25, 0.3) is 11.0 Å². The van der Waals surface area contributed by atoms with Crippen LogP contribution < -0.4 is 10.3 Å². The number of nitrogens with zero attached hydrogens (tertiary/aromatic N) is 3. The Morgan fingerprint density at radius 1 is 1.07 bits per heavy atom. The lowest BCUT2D eigenvalue weighted by Gasteiger charge is -2.22. The molecular weight excluding hydrogens is 412 g/mol. The molecule has 0 bridgehead atoms. The van der Waals surface area contributed by atoms with Crippen LogP contribution >= 0.6 is 11.3 Å². The number of carbonyl (C=O) groups excluding carboxylic acids is 1. The van der Waals surface area contributed by atoms with Crippen LogP contribution in [0.3, 0.4) is 0 Å². The van der Waals surface area contributed by atoms with Crippen molar-refractivity contribution in [3.63, 3.8) is 0 Å². The number of fused-ring (bicyclic) bond motifs is 2. The maximum absolute atomic E-state index is 13.8. The first-order valence-electron chi connectivity index (χ1n) is 9.15. The van der Waals surface area contributed by atoms with E-state index in [4.69, 9.17) is 4.42 Å². The van der Waals surface area contributed by atoms with Gasteiger partial charge in [0.1, 0.15) is 22.2 Å². The molecule has 0 N–H and O–H groups in total. The van der Waals surface area contributed by atoms with Crippen molar-refractivity contribution in [2.24, 2.45) is 0 Å². The molecule has 9 heteroatoms. The number of anilines is 1. The normalized spacial score (nSPS) is 15.8. The molecule has 1 amide bonds. The minimum atomic E-state index is -0.894. The van der Waals surface area contributed by atoms with E-state index in [-0.39, 0.29) is 22.3 Å². The first-order chi connectivity index (χ1) is 14.5. The molecule has 0 saturated heterocycles. The SMILES string of the molecule is CCc1nnc(N2C(=O)c3oc4ccc(F)cc4c(=O)c3C2c2ccc(F)cc2)s1. The van der Waals surface area contributed by atoms with E-state index in [0.717, 1.165) is 17.1 Å². The molecule has 0 spiro atoms. The minimum absolute atomic E-state index is 0.0297. The fraction of sp³-hybridized carbons (Fsp3) is 0.143. The smallest absolute Gasteiger partial charge is 0.297 e. The van der Waals surface area contributed by atoms with Crippen LogP contribution in [0.15, 0.2) is 51.7 Å². The Morgan fingerprint density at radius 3 is 2.50 bits per heavy atom. The number of aromatic nitrogens is 2. The number of aryl methyl sites for hydroxylation is 1. The van der Waals surface area contributed by atoms with Gasteiger partial charge >= 0.3 is 0 Å². The zero-order valence-electron chi connectivity index (χ0n) is 15.6. The van der Waals surface area contributed by atoms with Gasteiger partial charge in [-0.25, -0.2) is 8.78 Å². The van der Waals surface area contributed by atoms with E-state index in [1.807, 2.05) is 6.92 Å². The summed E-state index contributed by atoms with van der Waals surface area (Å²) in [5.41, 5.74) is 0.161. The molecule has 150 valence electrons. The molecule has 2 aromatic carbocycles.